The van der Waals surface area contributed by atoms with Crippen LogP contribution in [0, 0.1) is 0 Å². The lowest BCUT2D eigenvalue weighted by Gasteiger charge is -2.25. The van der Waals surface area contributed by atoms with Crippen LogP contribution < -0.4 is 39.7 Å². The van der Waals surface area contributed by atoms with Crippen LogP contribution in [0.2, 0.25) is 0 Å². The van der Waals surface area contributed by atoms with Gasteiger partial charge in [-0.3, -0.25) is 0 Å². The van der Waals surface area contributed by atoms with Crippen LogP contribution in [0.15, 0.2) is 97.1 Å². The number of rotatable bonds is 22. The minimum absolute atomic E-state index is 0.703. The second-order valence-electron chi connectivity index (χ2n) is 11.7. The first-order valence-electron chi connectivity index (χ1n) is 17.5. The summed E-state index contributed by atoms with van der Waals surface area (Å²) in [5, 5.41) is 4.57. The molecule has 2 radical (unpaired) electrons. The SMILES string of the molecule is CCCCOc1cccc([Si](O[Si](c2cccc(OCCCC)c2)c2cccc(OCCCC)c2)c2cccc(OCCCC)c2)c1. The summed E-state index contributed by atoms with van der Waals surface area (Å²) in [4.78, 5) is 0. The molecule has 0 saturated carbocycles. The largest absolute Gasteiger partial charge is 0.494 e. The Morgan fingerprint density at radius 1 is 0.383 bits per heavy atom. The van der Waals surface area contributed by atoms with Crippen LogP contribution in [0.1, 0.15) is 79.1 Å². The Kier molecular flexibility index (Phi) is 16.0. The van der Waals surface area contributed by atoms with Crippen molar-refractivity contribution in [2.45, 2.75) is 79.1 Å². The Morgan fingerprint density at radius 3 is 0.872 bits per heavy atom. The average molecular weight is 669 g/mol. The molecule has 4 aromatic rings. The van der Waals surface area contributed by atoms with Crippen molar-refractivity contribution in [1.29, 1.82) is 0 Å². The summed E-state index contributed by atoms with van der Waals surface area (Å²) in [5.74, 6) is 3.51. The molecule has 0 unspecified atom stereocenters. The van der Waals surface area contributed by atoms with Crippen molar-refractivity contribution in [1.82, 2.24) is 0 Å². The van der Waals surface area contributed by atoms with E-state index in [9.17, 15) is 0 Å². The summed E-state index contributed by atoms with van der Waals surface area (Å²) in [7, 11) is -3.52. The lowest BCUT2D eigenvalue weighted by molar-refractivity contribution is 0.309. The molecular weight excluding hydrogens is 617 g/mol. The van der Waals surface area contributed by atoms with Crippen LogP contribution in [-0.4, -0.2) is 44.5 Å². The van der Waals surface area contributed by atoms with Crippen LogP contribution in [0.25, 0.3) is 0 Å². The number of ether oxygens (including phenoxy) is 4. The molecular formula is C40H52O5Si2. The molecule has 0 saturated heterocycles. The van der Waals surface area contributed by atoms with Crippen LogP contribution >= 0.6 is 0 Å². The Morgan fingerprint density at radius 2 is 0.638 bits per heavy atom. The third-order valence-corrected chi connectivity index (χ3v) is 12.6. The Labute approximate surface area is 286 Å². The number of unbranched alkanes of at least 4 members (excludes halogenated alkanes) is 4. The van der Waals surface area contributed by atoms with Gasteiger partial charge in [0, 0.05) is 0 Å². The lowest BCUT2D eigenvalue weighted by atomic mass is 10.3. The van der Waals surface area contributed by atoms with E-state index in [1.54, 1.807) is 0 Å². The van der Waals surface area contributed by atoms with Crippen LogP contribution in [0.5, 0.6) is 23.0 Å². The van der Waals surface area contributed by atoms with E-state index in [1.807, 2.05) is 24.3 Å². The van der Waals surface area contributed by atoms with Crippen molar-refractivity contribution in [3.05, 3.63) is 97.1 Å². The van der Waals surface area contributed by atoms with Crippen molar-refractivity contribution < 1.29 is 23.1 Å². The zero-order valence-electron chi connectivity index (χ0n) is 28.8. The average Bonchev–Trinajstić information content (AvgIpc) is 3.10. The van der Waals surface area contributed by atoms with Crippen LogP contribution in [0.4, 0.5) is 0 Å². The predicted molar refractivity (Wildman–Crippen MR) is 199 cm³/mol. The van der Waals surface area contributed by atoms with E-state index in [1.165, 1.54) is 0 Å². The maximum absolute atomic E-state index is 7.50. The molecule has 0 heterocycles. The van der Waals surface area contributed by atoms with Gasteiger partial charge in [-0.05, 0) is 95.0 Å². The molecule has 47 heavy (non-hydrogen) atoms. The predicted octanol–water partition coefficient (Wildman–Crippen LogP) is 7.33. The smallest absolute Gasteiger partial charge is 0.272 e. The van der Waals surface area contributed by atoms with E-state index in [4.69, 9.17) is 23.1 Å². The van der Waals surface area contributed by atoms with Crippen LogP contribution in [-0.2, 0) is 4.12 Å². The molecule has 0 aliphatic rings. The summed E-state index contributed by atoms with van der Waals surface area (Å²) < 4.78 is 32.2. The minimum Gasteiger partial charge on any atom is -0.494 e. The molecule has 0 aliphatic heterocycles. The summed E-state index contributed by atoms with van der Waals surface area (Å²) in [5.41, 5.74) is 0. The monoisotopic (exact) mass is 668 g/mol. The van der Waals surface area contributed by atoms with Gasteiger partial charge in [-0.2, -0.15) is 0 Å². The molecule has 0 amide bonds. The van der Waals surface area contributed by atoms with E-state index < -0.39 is 18.1 Å². The van der Waals surface area contributed by atoms with Gasteiger partial charge in [0.1, 0.15) is 23.0 Å². The summed E-state index contributed by atoms with van der Waals surface area (Å²) >= 11 is 0. The van der Waals surface area contributed by atoms with Crippen LogP contribution in [0.3, 0.4) is 0 Å². The third-order valence-electron chi connectivity index (χ3n) is 7.66. The second-order valence-corrected chi connectivity index (χ2v) is 16.1. The standard InChI is InChI=1S/C40H52O5Si2/c1-5-9-25-41-33-17-13-21-37(29-33)46(38-22-14-18-34(30-38)42-26-10-6-2)45-47(39-23-15-19-35(31-39)43-27-11-7-3)40-24-16-20-36(32-40)44-28-12-8-4/h13-24,29-32H,5-12,25-28H2,1-4H3. The van der Waals surface area contributed by atoms with Crippen molar-refractivity contribution in [2.24, 2.45) is 0 Å². The molecule has 0 atom stereocenters. The first-order chi connectivity index (χ1) is 23.1. The van der Waals surface area contributed by atoms with Gasteiger partial charge in [0.05, 0.1) is 26.4 Å². The summed E-state index contributed by atoms with van der Waals surface area (Å²) in [6.45, 7) is 11.5. The molecule has 0 fully saturated rings. The molecule has 0 spiro atoms. The first-order valence-corrected chi connectivity index (χ1v) is 20.3. The van der Waals surface area contributed by atoms with Gasteiger partial charge >= 0.3 is 0 Å². The Hall–Kier alpha value is -3.53. The van der Waals surface area contributed by atoms with Gasteiger partial charge in [0.25, 0.3) is 18.1 Å². The fourth-order valence-electron chi connectivity index (χ4n) is 4.92. The Balaban J connectivity index is 1.77. The molecule has 4 rings (SSSR count). The number of benzene rings is 4. The lowest BCUT2D eigenvalue weighted by Crippen LogP contribution is -2.56. The van der Waals surface area contributed by atoms with E-state index in [-0.39, 0.29) is 0 Å². The summed E-state index contributed by atoms with van der Waals surface area (Å²) in [6.07, 6.45) is 8.47. The fraction of sp³-hybridized carbons (Fsp3) is 0.400. The molecule has 0 N–H and O–H groups in total. The first kappa shape index (κ1) is 36.3. The quantitative estimate of drug-likeness (QED) is 0.0649. The molecule has 7 heteroatoms. The van der Waals surface area contributed by atoms with Gasteiger partial charge in [-0.1, -0.05) is 102 Å². The zero-order chi connectivity index (χ0) is 33.1. The van der Waals surface area contributed by atoms with Gasteiger partial charge in [-0.15, -0.1) is 0 Å². The van der Waals surface area contributed by atoms with E-state index >= 15 is 0 Å². The second kappa shape index (κ2) is 20.7. The van der Waals surface area contributed by atoms with Crippen molar-refractivity contribution in [3.8, 4) is 23.0 Å². The summed E-state index contributed by atoms with van der Waals surface area (Å²) in [6, 6.07) is 33.9. The van der Waals surface area contributed by atoms with Crippen molar-refractivity contribution in [3.63, 3.8) is 0 Å². The molecule has 4 aromatic carbocycles. The van der Waals surface area contributed by atoms with E-state index in [0.29, 0.717) is 26.4 Å². The Bertz CT molecular complexity index is 1250. The van der Waals surface area contributed by atoms with E-state index in [2.05, 4.69) is 100 Å². The molecule has 250 valence electrons. The van der Waals surface area contributed by atoms with E-state index in [0.717, 1.165) is 95.1 Å². The van der Waals surface area contributed by atoms with Gasteiger partial charge in [0.2, 0.25) is 0 Å². The van der Waals surface area contributed by atoms with Gasteiger partial charge in [-0.25, -0.2) is 0 Å². The minimum atomic E-state index is -1.76. The fourth-order valence-corrected chi connectivity index (χ4v) is 10.4. The molecule has 5 nitrogen and oxygen atoms in total. The van der Waals surface area contributed by atoms with Gasteiger partial charge < -0.3 is 23.1 Å². The third kappa shape index (κ3) is 11.9. The van der Waals surface area contributed by atoms with Crippen molar-refractivity contribution >= 4 is 38.8 Å². The van der Waals surface area contributed by atoms with Crippen molar-refractivity contribution in [2.75, 3.05) is 26.4 Å². The highest BCUT2D eigenvalue weighted by Gasteiger charge is 2.30. The highest BCUT2D eigenvalue weighted by Crippen LogP contribution is 2.16. The molecule has 0 aromatic heterocycles. The molecule has 0 bridgehead atoms. The van der Waals surface area contributed by atoms with Gasteiger partial charge in [0.15, 0.2) is 0 Å². The highest BCUT2D eigenvalue weighted by atomic mass is 28.4. The highest BCUT2D eigenvalue weighted by molar-refractivity contribution is 6.91. The zero-order valence-corrected chi connectivity index (χ0v) is 30.8. The maximum atomic E-state index is 7.50. The number of hydrogen-bond acceptors (Lipinski definition) is 5. The molecule has 0 aliphatic carbocycles. The number of hydrogen-bond donors (Lipinski definition) is 0. The maximum Gasteiger partial charge on any atom is 0.272 e. The topological polar surface area (TPSA) is 46.2 Å². The normalized spacial score (nSPS) is 11.2.